The number of likely N-dealkylation sites (N-methyl/N-ethyl adjacent to an activating group) is 1. The molecule has 0 amide bonds. The third-order valence-electron chi connectivity index (χ3n) is 5.08. The molecule has 1 atom stereocenters. The van der Waals surface area contributed by atoms with Crippen molar-refractivity contribution in [1.82, 2.24) is 20.4 Å². The summed E-state index contributed by atoms with van der Waals surface area (Å²) in [5, 5.41) is 7.68. The summed E-state index contributed by atoms with van der Waals surface area (Å²) in [5.74, 6) is 1.41. The lowest BCUT2D eigenvalue weighted by atomic mass is 10.1. The Bertz CT molecular complexity index is 707. The fourth-order valence-electron chi connectivity index (χ4n) is 3.63. The molecule has 0 saturated carbocycles. The molecule has 2 fully saturated rings. The Kier molecular flexibility index (Phi) is 4.24. The van der Waals surface area contributed by atoms with Crippen molar-refractivity contribution in [1.29, 1.82) is 0 Å². The number of piperazine rings is 1. The van der Waals surface area contributed by atoms with Crippen LogP contribution in [0.3, 0.4) is 0 Å². The van der Waals surface area contributed by atoms with Gasteiger partial charge in [0.15, 0.2) is 5.82 Å². The monoisotopic (exact) mass is 327 g/mol. The Morgan fingerprint density at radius 3 is 2.83 bits per heavy atom. The summed E-state index contributed by atoms with van der Waals surface area (Å²) in [6.07, 6.45) is 2.50. The number of hydrogen-bond donors (Lipinski definition) is 1. The second-order valence-electron chi connectivity index (χ2n) is 6.87. The van der Waals surface area contributed by atoms with Crippen LogP contribution in [0.2, 0.25) is 0 Å². The molecule has 128 valence electrons. The third kappa shape index (κ3) is 2.91. The van der Waals surface area contributed by atoms with E-state index >= 15 is 0 Å². The van der Waals surface area contributed by atoms with Crippen LogP contribution in [0.25, 0.3) is 11.5 Å². The molecule has 0 spiro atoms. The number of nitrogens with zero attached hydrogens (tertiary/aromatic N) is 4. The van der Waals surface area contributed by atoms with E-state index in [2.05, 4.69) is 52.4 Å². The highest BCUT2D eigenvalue weighted by Crippen LogP contribution is 2.33. The Balaban J connectivity index is 1.67. The first-order chi connectivity index (χ1) is 11.7. The van der Waals surface area contributed by atoms with Crippen LogP contribution in [0.1, 0.15) is 30.3 Å². The van der Waals surface area contributed by atoms with Crippen molar-refractivity contribution in [3.8, 4) is 11.5 Å². The molecule has 0 aliphatic carbocycles. The summed E-state index contributed by atoms with van der Waals surface area (Å²) in [7, 11) is 2.11. The minimum Gasteiger partial charge on any atom is -0.371 e. The molecule has 1 aromatic heterocycles. The third-order valence-corrected chi connectivity index (χ3v) is 5.08. The zero-order valence-electron chi connectivity index (χ0n) is 14.5. The van der Waals surface area contributed by atoms with Gasteiger partial charge in [-0.05, 0) is 38.9 Å². The molecule has 2 aliphatic rings. The topological polar surface area (TPSA) is 57.4 Å². The van der Waals surface area contributed by atoms with E-state index in [0.29, 0.717) is 5.89 Å². The van der Waals surface area contributed by atoms with Crippen molar-refractivity contribution in [3.05, 3.63) is 29.6 Å². The van der Waals surface area contributed by atoms with Gasteiger partial charge in [0.25, 0.3) is 5.89 Å². The van der Waals surface area contributed by atoms with Gasteiger partial charge in [-0.1, -0.05) is 16.8 Å². The van der Waals surface area contributed by atoms with Crippen LogP contribution in [0.5, 0.6) is 0 Å². The lowest BCUT2D eigenvalue weighted by Gasteiger charge is -2.30. The first-order valence-electron chi connectivity index (χ1n) is 8.83. The molecule has 2 saturated heterocycles. The zero-order chi connectivity index (χ0) is 16.5. The van der Waals surface area contributed by atoms with Gasteiger partial charge in [0, 0.05) is 38.4 Å². The van der Waals surface area contributed by atoms with Gasteiger partial charge in [0.2, 0.25) is 0 Å². The number of anilines is 1. The lowest BCUT2D eigenvalue weighted by molar-refractivity contribution is 0.190. The van der Waals surface area contributed by atoms with Crippen molar-refractivity contribution in [2.24, 2.45) is 0 Å². The molecule has 3 heterocycles. The summed E-state index contributed by atoms with van der Waals surface area (Å²) in [6.45, 7) is 7.18. The SMILES string of the molecule is Cc1ccc(N2CCCC2)c(-c2nc(C3CNCCN3C)no2)c1. The van der Waals surface area contributed by atoms with Gasteiger partial charge in [-0.2, -0.15) is 4.98 Å². The molecular weight excluding hydrogens is 302 g/mol. The second kappa shape index (κ2) is 6.53. The predicted molar refractivity (Wildman–Crippen MR) is 94.2 cm³/mol. The Morgan fingerprint density at radius 2 is 2.04 bits per heavy atom. The maximum absolute atomic E-state index is 5.67. The van der Waals surface area contributed by atoms with Gasteiger partial charge in [-0.3, -0.25) is 4.90 Å². The summed E-state index contributed by atoms with van der Waals surface area (Å²) >= 11 is 0. The summed E-state index contributed by atoms with van der Waals surface area (Å²) in [4.78, 5) is 9.45. The average Bonchev–Trinajstić information content (AvgIpc) is 3.27. The molecule has 2 aromatic rings. The number of rotatable bonds is 3. The Labute approximate surface area is 142 Å². The van der Waals surface area contributed by atoms with Crippen molar-refractivity contribution < 1.29 is 4.52 Å². The Hall–Kier alpha value is -1.92. The van der Waals surface area contributed by atoms with Crippen molar-refractivity contribution in [2.45, 2.75) is 25.8 Å². The average molecular weight is 327 g/mol. The van der Waals surface area contributed by atoms with Crippen LogP contribution in [0, 0.1) is 6.92 Å². The van der Waals surface area contributed by atoms with E-state index in [1.807, 2.05) is 0 Å². The highest BCUT2D eigenvalue weighted by Gasteiger charge is 2.27. The maximum Gasteiger partial charge on any atom is 0.260 e. The number of nitrogens with one attached hydrogen (secondary N) is 1. The summed E-state index contributed by atoms with van der Waals surface area (Å²) in [6, 6.07) is 6.69. The molecule has 1 N–H and O–H groups in total. The molecule has 4 rings (SSSR count). The van der Waals surface area contributed by atoms with Crippen LogP contribution in [0.4, 0.5) is 5.69 Å². The van der Waals surface area contributed by atoms with Crippen LogP contribution in [-0.2, 0) is 0 Å². The minimum atomic E-state index is 0.177. The van der Waals surface area contributed by atoms with Crippen molar-refractivity contribution in [2.75, 3.05) is 44.7 Å². The largest absolute Gasteiger partial charge is 0.371 e. The van der Waals surface area contributed by atoms with Crippen LogP contribution < -0.4 is 10.2 Å². The number of aryl methyl sites for hydroxylation is 1. The molecular formula is C18H25N5O. The van der Waals surface area contributed by atoms with Gasteiger partial charge in [0.05, 0.1) is 11.6 Å². The first-order valence-corrected chi connectivity index (χ1v) is 8.83. The molecule has 1 aromatic carbocycles. The molecule has 24 heavy (non-hydrogen) atoms. The van der Waals surface area contributed by atoms with E-state index < -0.39 is 0 Å². The fraction of sp³-hybridized carbons (Fsp3) is 0.556. The maximum atomic E-state index is 5.67. The van der Waals surface area contributed by atoms with Gasteiger partial charge < -0.3 is 14.7 Å². The summed E-state index contributed by atoms with van der Waals surface area (Å²) < 4.78 is 5.67. The van der Waals surface area contributed by atoms with Crippen molar-refractivity contribution in [3.63, 3.8) is 0 Å². The van der Waals surface area contributed by atoms with Crippen molar-refractivity contribution >= 4 is 5.69 Å². The van der Waals surface area contributed by atoms with E-state index in [0.717, 1.165) is 44.1 Å². The standard InChI is InChI=1S/C18H25N5O/c1-13-5-6-15(23-8-3-4-9-23)14(11-13)18-20-17(21-24-18)16-12-19-7-10-22(16)2/h5-6,11,16,19H,3-4,7-10,12H2,1-2H3. The van der Waals surface area contributed by atoms with E-state index in [-0.39, 0.29) is 6.04 Å². The first kappa shape index (κ1) is 15.6. The highest BCUT2D eigenvalue weighted by atomic mass is 16.5. The van der Waals surface area contributed by atoms with E-state index in [1.54, 1.807) is 0 Å². The smallest absolute Gasteiger partial charge is 0.260 e. The van der Waals surface area contributed by atoms with Crippen LogP contribution in [0.15, 0.2) is 22.7 Å². The molecule has 2 aliphatic heterocycles. The molecule has 1 unspecified atom stereocenters. The fourth-order valence-corrected chi connectivity index (χ4v) is 3.63. The van der Waals surface area contributed by atoms with E-state index in [1.165, 1.54) is 24.1 Å². The van der Waals surface area contributed by atoms with E-state index in [9.17, 15) is 0 Å². The van der Waals surface area contributed by atoms with Crippen LogP contribution in [-0.4, -0.2) is 54.8 Å². The molecule has 0 radical (unpaired) electrons. The van der Waals surface area contributed by atoms with Gasteiger partial charge >= 0.3 is 0 Å². The van der Waals surface area contributed by atoms with Gasteiger partial charge in [-0.15, -0.1) is 0 Å². The normalized spacial score (nSPS) is 22.2. The number of aromatic nitrogens is 2. The molecule has 0 bridgehead atoms. The van der Waals surface area contributed by atoms with Gasteiger partial charge in [-0.25, -0.2) is 0 Å². The highest BCUT2D eigenvalue weighted by molar-refractivity contribution is 5.74. The number of benzene rings is 1. The minimum absolute atomic E-state index is 0.177. The van der Waals surface area contributed by atoms with Gasteiger partial charge in [0.1, 0.15) is 0 Å². The second-order valence-corrected chi connectivity index (χ2v) is 6.87. The predicted octanol–water partition coefficient (Wildman–Crippen LogP) is 2.22. The van der Waals surface area contributed by atoms with E-state index in [4.69, 9.17) is 9.51 Å². The molecule has 6 heteroatoms. The number of hydrogen-bond acceptors (Lipinski definition) is 6. The zero-order valence-corrected chi connectivity index (χ0v) is 14.5. The molecule has 6 nitrogen and oxygen atoms in total. The summed E-state index contributed by atoms with van der Waals surface area (Å²) in [5.41, 5.74) is 3.48. The van der Waals surface area contributed by atoms with Crippen LogP contribution >= 0.6 is 0 Å². The lowest BCUT2D eigenvalue weighted by Crippen LogP contribution is -2.44. The Morgan fingerprint density at radius 1 is 1.21 bits per heavy atom. The quantitative estimate of drug-likeness (QED) is 0.933.